The summed E-state index contributed by atoms with van der Waals surface area (Å²) in [6.07, 6.45) is 9.26. The summed E-state index contributed by atoms with van der Waals surface area (Å²) in [4.78, 5) is 24.9. The van der Waals surface area contributed by atoms with Gasteiger partial charge in [0.2, 0.25) is 0 Å². The Morgan fingerprint density at radius 2 is 1.75 bits per heavy atom. The van der Waals surface area contributed by atoms with Crippen LogP contribution in [-0.2, 0) is 13.0 Å². The van der Waals surface area contributed by atoms with Crippen LogP contribution in [0.1, 0.15) is 27.0 Å². The van der Waals surface area contributed by atoms with Gasteiger partial charge in [0.05, 0.1) is 5.56 Å². The molecule has 3 aromatic heterocycles. The van der Waals surface area contributed by atoms with Crippen LogP contribution in [0.5, 0.6) is 0 Å². The Labute approximate surface area is 162 Å². The number of benzene rings is 1. The van der Waals surface area contributed by atoms with Crippen LogP contribution in [0, 0.1) is 0 Å². The third-order valence-corrected chi connectivity index (χ3v) is 4.53. The minimum atomic E-state index is -0.154. The molecule has 0 atom stereocenters. The molecule has 0 fully saturated rings. The summed E-state index contributed by atoms with van der Waals surface area (Å²) in [5.41, 5.74) is 9.52. The van der Waals surface area contributed by atoms with Crippen LogP contribution in [0.3, 0.4) is 0 Å². The van der Waals surface area contributed by atoms with E-state index < -0.39 is 0 Å². The standard InChI is InChI=1S/C22H19N5O/c23-21-20-2-1-16(10-18(20)5-8-26-21)13-27-22(28)19-11-17(12-25-14-19)9-15-3-6-24-7-4-15/h1-8,10-12,14H,9,13H2,(H2,23,26)(H,27,28). The molecule has 0 bridgehead atoms. The second-order valence-corrected chi connectivity index (χ2v) is 6.55. The van der Waals surface area contributed by atoms with Crippen LogP contribution in [0.4, 0.5) is 5.82 Å². The van der Waals surface area contributed by atoms with Crippen LogP contribution in [0.25, 0.3) is 10.8 Å². The van der Waals surface area contributed by atoms with E-state index in [4.69, 9.17) is 5.73 Å². The SMILES string of the molecule is Nc1nccc2cc(CNC(=O)c3cncc(Cc4ccncc4)c3)ccc12. The van der Waals surface area contributed by atoms with Crippen LogP contribution in [0.15, 0.2) is 73.4 Å². The van der Waals surface area contributed by atoms with E-state index in [0.717, 1.165) is 27.5 Å². The molecule has 0 aliphatic heterocycles. The van der Waals surface area contributed by atoms with Crippen molar-refractivity contribution in [3.63, 3.8) is 0 Å². The molecular weight excluding hydrogens is 350 g/mol. The maximum atomic E-state index is 12.5. The van der Waals surface area contributed by atoms with Crippen molar-refractivity contribution >= 4 is 22.5 Å². The molecule has 0 unspecified atom stereocenters. The molecule has 1 amide bonds. The molecule has 4 rings (SSSR count). The molecule has 138 valence electrons. The van der Waals surface area contributed by atoms with Gasteiger partial charge in [-0.2, -0.15) is 0 Å². The number of pyridine rings is 3. The molecule has 3 heterocycles. The van der Waals surface area contributed by atoms with Crippen LogP contribution in [-0.4, -0.2) is 20.9 Å². The Hall–Kier alpha value is -3.80. The number of nitrogen functional groups attached to an aromatic ring is 1. The fourth-order valence-corrected chi connectivity index (χ4v) is 3.09. The van der Waals surface area contributed by atoms with Gasteiger partial charge in [-0.15, -0.1) is 0 Å². The van der Waals surface area contributed by atoms with Gasteiger partial charge in [-0.05, 0) is 58.8 Å². The smallest absolute Gasteiger partial charge is 0.253 e. The Morgan fingerprint density at radius 3 is 2.61 bits per heavy atom. The number of rotatable bonds is 5. The predicted octanol–water partition coefficient (Wildman–Crippen LogP) is 3.13. The van der Waals surface area contributed by atoms with E-state index in [0.29, 0.717) is 24.3 Å². The van der Waals surface area contributed by atoms with Crippen molar-refractivity contribution in [3.05, 3.63) is 95.7 Å². The Kier molecular flexibility index (Phi) is 4.93. The van der Waals surface area contributed by atoms with Gasteiger partial charge in [-0.1, -0.05) is 12.1 Å². The van der Waals surface area contributed by atoms with Crippen molar-refractivity contribution < 1.29 is 4.79 Å². The average Bonchev–Trinajstić information content (AvgIpc) is 2.73. The molecule has 0 spiro atoms. The summed E-state index contributed by atoms with van der Waals surface area (Å²) in [6.45, 7) is 0.422. The number of aromatic nitrogens is 3. The lowest BCUT2D eigenvalue weighted by Crippen LogP contribution is -2.23. The number of carbonyl (C=O) groups is 1. The molecule has 0 saturated heterocycles. The van der Waals surface area contributed by atoms with E-state index in [9.17, 15) is 4.79 Å². The molecule has 0 radical (unpaired) electrons. The zero-order valence-corrected chi connectivity index (χ0v) is 15.2. The van der Waals surface area contributed by atoms with Crippen molar-refractivity contribution in [2.45, 2.75) is 13.0 Å². The van der Waals surface area contributed by atoms with E-state index in [1.165, 1.54) is 0 Å². The van der Waals surface area contributed by atoms with Gasteiger partial charge in [0, 0.05) is 42.9 Å². The van der Waals surface area contributed by atoms with Gasteiger partial charge in [-0.25, -0.2) is 4.98 Å². The Bertz CT molecular complexity index is 1130. The lowest BCUT2D eigenvalue weighted by molar-refractivity contribution is 0.0950. The molecule has 1 aromatic carbocycles. The molecule has 0 saturated carbocycles. The maximum absolute atomic E-state index is 12.5. The summed E-state index contributed by atoms with van der Waals surface area (Å²) in [7, 11) is 0. The van der Waals surface area contributed by atoms with Crippen molar-refractivity contribution in [2.75, 3.05) is 5.73 Å². The van der Waals surface area contributed by atoms with E-state index >= 15 is 0 Å². The van der Waals surface area contributed by atoms with Crippen LogP contribution < -0.4 is 11.1 Å². The fourth-order valence-electron chi connectivity index (χ4n) is 3.09. The van der Waals surface area contributed by atoms with Crippen molar-refractivity contribution in [3.8, 4) is 0 Å². The van der Waals surface area contributed by atoms with Gasteiger partial charge < -0.3 is 11.1 Å². The first kappa shape index (κ1) is 17.6. The highest BCUT2D eigenvalue weighted by molar-refractivity contribution is 5.94. The number of anilines is 1. The van der Waals surface area contributed by atoms with Crippen LogP contribution >= 0.6 is 0 Å². The zero-order valence-electron chi connectivity index (χ0n) is 15.2. The van der Waals surface area contributed by atoms with Gasteiger partial charge in [-0.3, -0.25) is 14.8 Å². The number of carbonyl (C=O) groups excluding carboxylic acids is 1. The zero-order chi connectivity index (χ0) is 19.3. The summed E-state index contributed by atoms with van der Waals surface area (Å²) >= 11 is 0. The van der Waals surface area contributed by atoms with Crippen molar-refractivity contribution in [1.29, 1.82) is 0 Å². The number of fused-ring (bicyclic) bond motifs is 1. The van der Waals surface area contributed by atoms with Gasteiger partial charge in [0.15, 0.2) is 0 Å². The highest BCUT2D eigenvalue weighted by Gasteiger charge is 2.08. The van der Waals surface area contributed by atoms with Crippen molar-refractivity contribution in [2.24, 2.45) is 0 Å². The third kappa shape index (κ3) is 3.96. The second-order valence-electron chi connectivity index (χ2n) is 6.55. The van der Waals surface area contributed by atoms with E-state index in [1.807, 2.05) is 42.5 Å². The number of nitrogens with one attached hydrogen (secondary N) is 1. The molecule has 4 aromatic rings. The minimum Gasteiger partial charge on any atom is -0.383 e. The van der Waals surface area contributed by atoms with E-state index in [2.05, 4.69) is 20.3 Å². The lowest BCUT2D eigenvalue weighted by Gasteiger charge is -2.08. The fraction of sp³-hybridized carbons (Fsp3) is 0.0909. The normalized spacial score (nSPS) is 10.7. The molecule has 3 N–H and O–H groups in total. The first-order valence-corrected chi connectivity index (χ1v) is 8.93. The molecule has 6 heteroatoms. The van der Waals surface area contributed by atoms with E-state index in [1.54, 1.807) is 31.0 Å². The Balaban J connectivity index is 1.44. The quantitative estimate of drug-likeness (QED) is 0.564. The monoisotopic (exact) mass is 369 g/mol. The summed E-state index contributed by atoms with van der Waals surface area (Å²) < 4.78 is 0. The molecule has 28 heavy (non-hydrogen) atoms. The number of hydrogen-bond acceptors (Lipinski definition) is 5. The van der Waals surface area contributed by atoms with Gasteiger partial charge >= 0.3 is 0 Å². The summed E-state index contributed by atoms with van der Waals surface area (Å²) in [5, 5.41) is 4.86. The highest BCUT2D eigenvalue weighted by atomic mass is 16.1. The largest absolute Gasteiger partial charge is 0.383 e. The topological polar surface area (TPSA) is 93.8 Å². The second kappa shape index (κ2) is 7.84. The first-order valence-electron chi connectivity index (χ1n) is 8.93. The van der Waals surface area contributed by atoms with Crippen LogP contribution in [0.2, 0.25) is 0 Å². The molecule has 6 nitrogen and oxygen atoms in total. The maximum Gasteiger partial charge on any atom is 0.253 e. The molecular formula is C22H19N5O. The summed E-state index contributed by atoms with van der Waals surface area (Å²) in [5.74, 6) is 0.351. The van der Waals surface area contributed by atoms with Gasteiger partial charge in [0.25, 0.3) is 5.91 Å². The lowest BCUT2D eigenvalue weighted by atomic mass is 10.1. The highest BCUT2D eigenvalue weighted by Crippen LogP contribution is 2.20. The molecule has 0 aliphatic carbocycles. The molecule has 0 aliphatic rings. The summed E-state index contributed by atoms with van der Waals surface area (Å²) in [6, 6.07) is 13.6. The van der Waals surface area contributed by atoms with E-state index in [-0.39, 0.29) is 5.91 Å². The number of nitrogens with two attached hydrogens (primary N) is 1. The number of amides is 1. The Morgan fingerprint density at radius 1 is 0.893 bits per heavy atom. The average molecular weight is 369 g/mol. The number of hydrogen-bond donors (Lipinski definition) is 2. The first-order chi connectivity index (χ1) is 13.7. The third-order valence-electron chi connectivity index (χ3n) is 4.53. The van der Waals surface area contributed by atoms with Gasteiger partial charge in [0.1, 0.15) is 5.82 Å². The number of nitrogens with zero attached hydrogens (tertiary/aromatic N) is 3. The van der Waals surface area contributed by atoms with Crippen molar-refractivity contribution in [1.82, 2.24) is 20.3 Å². The minimum absolute atomic E-state index is 0.154. The predicted molar refractivity (Wildman–Crippen MR) is 109 cm³/mol.